The summed E-state index contributed by atoms with van der Waals surface area (Å²) in [5.41, 5.74) is 12.7. The number of fused-ring (bicyclic) bond motifs is 1. The fourth-order valence-corrected chi connectivity index (χ4v) is 5.17. The van der Waals surface area contributed by atoms with Gasteiger partial charge in [0.2, 0.25) is 6.79 Å². The first-order chi connectivity index (χ1) is 21.0. The number of aliphatic hydroxyl groups excluding tert-OH is 1. The minimum absolute atomic E-state index is 0.0724. The van der Waals surface area contributed by atoms with E-state index in [1.54, 1.807) is 22.5 Å². The molecular weight excluding hydrogens is 588 g/mol. The topological polar surface area (TPSA) is 168 Å². The molecule has 3 aromatic heterocycles. The molecule has 1 fully saturated rings. The first kappa shape index (κ1) is 30.9. The second-order valence-electron chi connectivity index (χ2n) is 10.4. The Bertz CT molecular complexity index is 1650. The first-order valence-corrected chi connectivity index (χ1v) is 13.7. The molecule has 16 heteroatoms. The van der Waals surface area contributed by atoms with E-state index in [1.807, 2.05) is 0 Å². The highest BCUT2D eigenvalue weighted by Crippen LogP contribution is 2.34. The number of esters is 1. The number of hydrogen-bond acceptors (Lipinski definition) is 11. The minimum Gasteiger partial charge on any atom is -0.451 e. The maximum Gasteiger partial charge on any atom is 0.308 e. The molecule has 0 unspecified atom stereocenters. The number of anilines is 2. The number of rotatable bonds is 10. The average Bonchev–Trinajstić information content (AvgIpc) is 3.41. The smallest absolute Gasteiger partial charge is 0.308 e. The maximum atomic E-state index is 14.9. The summed E-state index contributed by atoms with van der Waals surface area (Å²) in [6, 6.07) is 3.65. The zero-order valence-corrected chi connectivity index (χ0v) is 23.6. The van der Waals surface area contributed by atoms with Gasteiger partial charge >= 0.3 is 5.97 Å². The lowest BCUT2D eigenvalue weighted by molar-refractivity contribution is -0.150. The van der Waals surface area contributed by atoms with Crippen molar-refractivity contribution in [2.24, 2.45) is 5.73 Å². The molecule has 5 N–H and O–H groups in total. The number of carbonyl (C=O) groups excluding carboxylic acids is 1. The molecule has 234 valence electrons. The van der Waals surface area contributed by atoms with Gasteiger partial charge in [0.25, 0.3) is 6.43 Å². The number of nitrogens with two attached hydrogens (primary N) is 2. The second kappa shape index (κ2) is 12.6. The molecule has 4 heterocycles. The average molecular weight is 619 g/mol. The molecule has 0 saturated carbocycles. The van der Waals surface area contributed by atoms with Crippen molar-refractivity contribution < 1.29 is 36.9 Å². The molecule has 12 nitrogen and oxygen atoms in total. The Morgan fingerprint density at radius 3 is 2.61 bits per heavy atom. The lowest BCUT2D eigenvalue weighted by Gasteiger charge is -2.44. The van der Waals surface area contributed by atoms with Crippen LogP contribution >= 0.6 is 0 Å². The molecule has 0 aliphatic carbocycles. The summed E-state index contributed by atoms with van der Waals surface area (Å²) in [5.74, 6) is -3.23. The maximum absolute atomic E-state index is 14.9. The highest BCUT2D eigenvalue weighted by Gasteiger charge is 2.43. The SMILES string of the molecule is CCC(=O)OCOc1c(F)cc(-c2cc(Cn3cnc4c(N)ncnc43)c(N3CCC[C@@](N)([C@H](O)C(F)F)C3)cn2)cc1F. The predicted molar refractivity (Wildman–Crippen MR) is 151 cm³/mol. The number of imidazole rings is 1. The van der Waals surface area contributed by atoms with Crippen molar-refractivity contribution >= 4 is 28.6 Å². The van der Waals surface area contributed by atoms with Gasteiger partial charge in [-0.3, -0.25) is 9.78 Å². The van der Waals surface area contributed by atoms with Crippen molar-refractivity contribution in [3.05, 3.63) is 54.2 Å². The van der Waals surface area contributed by atoms with Gasteiger partial charge in [0, 0.05) is 25.1 Å². The van der Waals surface area contributed by atoms with Crippen LogP contribution in [0.25, 0.3) is 22.4 Å². The number of halogens is 4. The monoisotopic (exact) mass is 618 g/mol. The van der Waals surface area contributed by atoms with Crippen LogP contribution in [-0.4, -0.2) is 73.5 Å². The summed E-state index contributed by atoms with van der Waals surface area (Å²) in [6.45, 7) is 1.36. The molecule has 44 heavy (non-hydrogen) atoms. The van der Waals surface area contributed by atoms with Crippen molar-refractivity contribution in [2.45, 2.75) is 50.8 Å². The minimum atomic E-state index is -3.03. The van der Waals surface area contributed by atoms with Gasteiger partial charge in [0.05, 0.1) is 36.0 Å². The number of benzene rings is 1. The van der Waals surface area contributed by atoms with Gasteiger partial charge in [-0.15, -0.1) is 0 Å². The van der Waals surface area contributed by atoms with Crippen molar-refractivity contribution in [3.8, 4) is 17.0 Å². The predicted octanol–water partition coefficient (Wildman–Crippen LogP) is 3.01. The number of ether oxygens (including phenoxy) is 2. The van der Waals surface area contributed by atoms with Gasteiger partial charge in [0.1, 0.15) is 17.9 Å². The van der Waals surface area contributed by atoms with Gasteiger partial charge in [0.15, 0.2) is 28.8 Å². The number of nitrogens with zero attached hydrogens (tertiary/aromatic N) is 6. The van der Waals surface area contributed by atoms with Gasteiger partial charge in [-0.1, -0.05) is 6.92 Å². The number of piperidine rings is 1. The van der Waals surface area contributed by atoms with Crippen LogP contribution in [0.5, 0.6) is 5.75 Å². The van der Waals surface area contributed by atoms with Crippen LogP contribution in [0.15, 0.2) is 37.1 Å². The fourth-order valence-electron chi connectivity index (χ4n) is 5.17. The Morgan fingerprint density at radius 2 is 1.91 bits per heavy atom. The summed E-state index contributed by atoms with van der Waals surface area (Å²) in [5, 5.41) is 10.2. The Labute approximate surface area is 248 Å². The Kier molecular flexibility index (Phi) is 8.82. The van der Waals surface area contributed by atoms with Gasteiger partial charge in [-0.25, -0.2) is 32.5 Å². The lowest BCUT2D eigenvalue weighted by atomic mass is 9.84. The molecule has 0 amide bonds. The Morgan fingerprint density at radius 1 is 1.16 bits per heavy atom. The summed E-state index contributed by atoms with van der Waals surface area (Å²) < 4.78 is 68.2. The van der Waals surface area contributed by atoms with E-state index >= 15 is 0 Å². The molecule has 2 atom stereocenters. The third kappa shape index (κ3) is 6.21. The van der Waals surface area contributed by atoms with E-state index in [0.29, 0.717) is 35.4 Å². The van der Waals surface area contributed by atoms with Crippen LogP contribution in [0.1, 0.15) is 31.7 Å². The van der Waals surface area contributed by atoms with Gasteiger partial charge < -0.3 is 35.5 Å². The molecule has 1 aliphatic heterocycles. The van der Waals surface area contributed by atoms with Gasteiger partial charge in [-0.05, 0) is 36.6 Å². The summed E-state index contributed by atoms with van der Waals surface area (Å²) in [7, 11) is 0. The van der Waals surface area contributed by atoms with E-state index in [4.69, 9.17) is 20.9 Å². The third-order valence-corrected chi connectivity index (χ3v) is 7.47. The zero-order chi connectivity index (χ0) is 31.6. The normalized spacial score (nSPS) is 17.7. The largest absolute Gasteiger partial charge is 0.451 e. The number of nitrogen functional groups attached to an aromatic ring is 1. The van der Waals surface area contributed by atoms with Crippen LogP contribution < -0.4 is 21.1 Å². The van der Waals surface area contributed by atoms with Crippen molar-refractivity contribution in [2.75, 3.05) is 30.5 Å². The number of carbonyl (C=O) groups is 1. The molecule has 1 aromatic carbocycles. The number of pyridine rings is 1. The van der Waals surface area contributed by atoms with Crippen LogP contribution in [-0.2, 0) is 16.1 Å². The third-order valence-electron chi connectivity index (χ3n) is 7.47. The van der Waals surface area contributed by atoms with Crippen molar-refractivity contribution in [1.82, 2.24) is 24.5 Å². The lowest BCUT2D eigenvalue weighted by Crippen LogP contribution is -2.63. The van der Waals surface area contributed by atoms with Crippen LogP contribution in [0.3, 0.4) is 0 Å². The quantitative estimate of drug-likeness (QED) is 0.136. The van der Waals surface area contributed by atoms with Crippen molar-refractivity contribution in [3.63, 3.8) is 0 Å². The molecule has 0 spiro atoms. The highest BCUT2D eigenvalue weighted by atomic mass is 19.3. The van der Waals surface area contributed by atoms with E-state index in [0.717, 1.165) is 12.1 Å². The van der Waals surface area contributed by atoms with E-state index in [1.165, 1.54) is 18.9 Å². The summed E-state index contributed by atoms with van der Waals surface area (Å²) in [4.78, 5) is 30.0. The van der Waals surface area contributed by atoms with Gasteiger partial charge in [-0.2, -0.15) is 0 Å². The van der Waals surface area contributed by atoms with E-state index in [-0.39, 0.29) is 43.0 Å². The number of hydrogen-bond donors (Lipinski definition) is 3. The fraction of sp³-hybridized carbons (Fsp3) is 0.393. The van der Waals surface area contributed by atoms with Crippen molar-refractivity contribution in [1.29, 1.82) is 0 Å². The van der Waals surface area contributed by atoms with Crippen LogP contribution in [0, 0.1) is 11.6 Å². The van der Waals surface area contributed by atoms with E-state index in [9.17, 15) is 27.5 Å². The zero-order valence-electron chi connectivity index (χ0n) is 23.6. The van der Waals surface area contributed by atoms with E-state index in [2.05, 4.69) is 19.9 Å². The van der Waals surface area contributed by atoms with Crippen LogP contribution in [0.4, 0.5) is 29.1 Å². The van der Waals surface area contributed by atoms with Crippen LogP contribution in [0.2, 0.25) is 0 Å². The van der Waals surface area contributed by atoms with E-state index < -0.39 is 48.2 Å². The Hall–Kier alpha value is -4.57. The highest BCUT2D eigenvalue weighted by molar-refractivity contribution is 5.81. The summed E-state index contributed by atoms with van der Waals surface area (Å²) in [6.07, 6.45) is -0.158. The Balaban J connectivity index is 1.52. The number of aliphatic hydroxyl groups is 1. The molecule has 1 saturated heterocycles. The molecule has 4 aromatic rings. The first-order valence-electron chi connectivity index (χ1n) is 13.7. The molecule has 0 bridgehead atoms. The molecule has 5 rings (SSSR count). The standard InChI is InChI=1S/C28H30F4N8O4/c1-2-21(41)43-14-44-23-17(29)6-15(7-18(23)30)19-8-16(10-40-13-38-22-26(33)36-12-37-27(22)40)20(9-35-19)39-5-3-4-28(34,11-39)24(42)25(31)32/h6-9,12-13,24-25,42H,2-5,10-11,14,34H2,1H3,(H2,33,36,37)/t24-,28+/m1/s1. The number of aromatic nitrogens is 5. The number of alkyl halides is 2. The second-order valence-corrected chi connectivity index (χ2v) is 10.4. The molecule has 1 aliphatic rings. The summed E-state index contributed by atoms with van der Waals surface area (Å²) >= 11 is 0. The molecule has 0 radical (unpaired) electrons. The molecular formula is C28H30F4N8O4.